The molecule has 0 aromatic heterocycles. The Balaban J connectivity index is 3.02. The van der Waals surface area contributed by atoms with Crippen molar-refractivity contribution < 1.29 is 0 Å². The van der Waals surface area contributed by atoms with Gasteiger partial charge in [-0.25, -0.2) is 0 Å². The molecule has 0 spiro atoms. The van der Waals surface area contributed by atoms with Gasteiger partial charge in [-0.15, -0.1) is 0 Å². The number of unbranched alkanes of at least 4 members (excludes halogenated alkanes) is 8. The standard InChI is InChI=1S/C15H34N2/c1-2-3-4-5-6-7-8-9-10-12-15(17)13-11-14-16/h15H,2-14,16-17H2,1H3. The molecule has 0 bridgehead atoms. The van der Waals surface area contributed by atoms with Crippen molar-refractivity contribution in [2.45, 2.75) is 90.0 Å². The van der Waals surface area contributed by atoms with E-state index in [0.717, 1.165) is 19.4 Å². The molecule has 0 radical (unpaired) electrons. The highest BCUT2D eigenvalue weighted by Crippen LogP contribution is 2.11. The molecule has 0 amide bonds. The molecule has 0 aromatic rings. The first kappa shape index (κ1) is 16.9. The van der Waals surface area contributed by atoms with Gasteiger partial charge in [0.25, 0.3) is 0 Å². The molecule has 104 valence electrons. The third-order valence-electron chi connectivity index (χ3n) is 3.46. The molecule has 0 fully saturated rings. The fourth-order valence-electron chi connectivity index (χ4n) is 2.24. The summed E-state index contributed by atoms with van der Waals surface area (Å²) in [5, 5.41) is 0. The van der Waals surface area contributed by atoms with E-state index >= 15 is 0 Å². The summed E-state index contributed by atoms with van der Waals surface area (Å²) in [4.78, 5) is 0. The van der Waals surface area contributed by atoms with Crippen LogP contribution in [0, 0.1) is 0 Å². The monoisotopic (exact) mass is 242 g/mol. The Morgan fingerprint density at radius 3 is 1.71 bits per heavy atom. The van der Waals surface area contributed by atoms with Crippen LogP contribution in [0.25, 0.3) is 0 Å². The number of hydrogen-bond acceptors (Lipinski definition) is 2. The molecule has 2 heteroatoms. The van der Waals surface area contributed by atoms with Crippen LogP contribution in [0.5, 0.6) is 0 Å². The summed E-state index contributed by atoms with van der Waals surface area (Å²) in [6.45, 7) is 3.05. The van der Waals surface area contributed by atoms with E-state index in [1.807, 2.05) is 0 Å². The van der Waals surface area contributed by atoms with E-state index in [1.54, 1.807) is 0 Å². The molecular weight excluding hydrogens is 208 g/mol. The zero-order valence-electron chi connectivity index (χ0n) is 11.9. The fraction of sp³-hybridized carbons (Fsp3) is 1.00. The van der Waals surface area contributed by atoms with Crippen LogP contribution in [0.4, 0.5) is 0 Å². The maximum Gasteiger partial charge on any atom is 0.00392 e. The highest BCUT2D eigenvalue weighted by molar-refractivity contribution is 4.61. The Labute approximate surface area is 109 Å². The second-order valence-corrected chi connectivity index (χ2v) is 5.31. The highest BCUT2D eigenvalue weighted by atomic mass is 14.6. The minimum absolute atomic E-state index is 0.392. The normalized spacial score (nSPS) is 12.9. The van der Waals surface area contributed by atoms with Gasteiger partial charge in [0.2, 0.25) is 0 Å². The number of nitrogens with two attached hydrogens (primary N) is 2. The first-order valence-corrected chi connectivity index (χ1v) is 7.77. The molecule has 0 rings (SSSR count). The van der Waals surface area contributed by atoms with Gasteiger partial charge < -0.3 is 11.5 Å². The van der Waals surface area contributed by atoms with E-state index in [1.165, 1.54) is 64.2 Å². The van der Waals surface area contributed by atoms with Crippen LogP contribution < -0.4 is 11.5 Å². The average molecular weight is 242 g/mol. The third-order valence-corrected chi connectivity index (χ3v) is 3.46. The molecule has 17 heavy (non-hydrogen) atoms. The molecule has 0 saturated heterocycles. The van der Waals surface area contributed by atoms with Crippen molar-refractivity contribution in [2.24, 2.45) is 11.5 Å². The van der Waals surface area contributed by atoms with Crippen molar-refractivity contribution >= 4 is 0 Å². The van der Waals surface area contributed by atoms with Crippen LogP contribution in [0.1, 0.15) is 84.0 Å². The zero-order chi connectivity index (χ0) is 12.8. The molecule has 0 aliphatic rings. The van der Waals surface area contributed by atoms with Gasteiger partial charge in [-0.3, -0.25) is 0 Å². The average Bonchev–Trinajstić information content (AvgIpc) is 2.34. The molecule has 4 N–H and O–H groups in total. The smallest absolute Gasteiger partial charge is 0.00392 e. The van der Waals surface area contributed by atoms with Crippen molar-refractivity contribution in [3.8, 4) is 0 Å². The number of hydrogen-bond donors (Lipinski definition) is 2. The van der Waals surface area contributed by atoms with E-state index < -0.39 is 0 Å². The summed E-state index contributed by atoms with van der Waals surface area (Å²) in [6, 6.07) is 0.392. The van der Waals surface area contributed by atoms with Gasteiger partial charge in [0.1, 0.15) is 0 Å². The van der Waals surface area contributed by atoms with Crippen molar-refractivity contribution in [3.05, 3.63) is 0 Å². The maximum atomic E-state index is 6.00. The predicted octanol–water partition coefficient (Wildman–Crippen LogP) is 3.97. The Morgan fingerprint density at radius 2 is 1.18 bits per heavy atom. The van der Waals surface area contributed by atoms with Gasteiger partial charge in [-0.05, 0) is 25.8 Å². The summed E-state index contributed by atoms with van der Waals surface area (Å²) in [6.07, 6.45) is 15.9. The van der Waals surface area contributed by atoms with Crippen LogP contribution in [0.3, 0.4) is 0 Å². The lowest BCUT2D eigenvalue weighted by atomic mass is 10.0. The Kier molecular flexibility index (Phi) is 13.9. The lowest BCUT2D eigenvalue weighted by Gasteiger charge is -2.10. The van der Waals surface area contributed by atoms with E-state index in [9.17, 15) is 0 Å². The summed E-state index contributed by atoms with van der Waals surface area (Å²) >= 11 is 0. The van der Waals surface area contributed by atoms with Gasteiger partial charge in [0.15, 0.2) is 0 Å². The van der Waals surface area contributed by atoms with Crippen molar-refractivity contribution in [3.63, 3.8) is 0 Å². The predicted molar refractivity (Wildman–Crippen MR) is 78.1 cm³/mol. The summed E-state index contributed by atoms with van der Waals surface area (Å²) in [5.41, 5.74) is 11.5. The van der Waals surface area contributed by atoms with E-state index in [-0.39, 0.29) is 0 Å². The first-order chi connectivity index (χ1) is 8.31. The van der Waals surface area contributed by atoms with Crippen LogP contribution >= 0.6 is 0 Å². The van der Waals surface area contributed by atoms with Crippen LogP contribution in [0.2, 0.25) is 0 Å². The Bertz CT molecular complexity index is 137. The Morgan fingerprint density at radius 1 is 0.706 bits per heavy atom. The molecule has 0 aliphatic carbocycles. The molecular formula is C15H34N2. The molecule has 0 saturated carbocycles. The van der Waals surface area contributed by atoms with Crippen molar-refractivity contribution in [1.29, 1.82) is 0 Å². The second-order valence-electron chi connectivity index (χ2n) is 5.31. The molecule has 1 unspecified atom stereocenters. The lowest BCUT2D eigenvalue weighted by molar-refractivity contribution is 0.498. The van der Waals surface area contributed by atoms with E-state index in [2.05, 4.69) is 6.92 Å². The van der Waals surface area contributed by atoms with Crippen LogP contribution in [0.15, 0.2) is 0 Å². The minimum Gasteiger partial charge on any atom is -0.330 e. The summed E-state index contributed by atoms with van der Waals surface area (Å²) in [7, 11) is 0. The van der Waals surface area contributed by atoms with Gasteiger partial charge >= 0.3 is 0 Å². The molecule has 2 nitrogen and oxygen atoms in total. The summed E-state index contributed by atoms with van der Waals surface area (Å²) in [5.74, 6) is 0. The van der Waals surface area contributed by atoms with Gasteiger partial charge in [-0.1, -0.05) is 64.7 Å². The summed E-state index contributed by atoms with van der Waals surface area (Å²) < 4.78 is 0. The first-order valence-electron chi connectivity index (χ1n) is 7.77. The highest BCUT2D eigenvalue weighted by Gasteiger charge is 2.01. The minimum atomic E-state index is 0.392. The van der Waals surface area contributed by atoms with E-state index in [0.29, 0.717) is 6.04 Å². The van der Waals surface area contributed by atoms with Gasteiger partial charge in [0, 0.05) is 6.04 Å². The fourth-order valence-corrected chi connectivity index (χ4v) is 2.24. The third kappa shape index (κ3) is 13.9. The molecule has 0 heterocycles. The molecule has 0 aromatic carbocycles. The molecule has 1 atom stereocenters. The zero-order valence-corrected chi connectivity index (χ0v) is 11.9. The van der Waals surface area contributed by atoms with Crippen molar-refractivity contribution in [2.75, 3.05) is 6.54 Å². The lowest BCUT2D eigenvalue weighted by Crippen LogP contribution is -2.20. The van der Waals surface area contributed by atoms with Crippen molar-refractivity contribution in [1.82, 2.24) is 0 Å². The largest absolute Gasteiger partial charge is 0.330 e. The second kappa shape index (κ2) is 14.0. The van der Waals surface area contributed by atoms with Gasteiger partial charge in [-0.2, -0.15) is 0 Å². The SMILES string of the molecule is CCCCCCCCCCCC(N)CCCN. The molecule has 0 aliphatic heterocycles. The quantitative estimate of drug-likeness (QED) is 0.480. The van der Waals surface area contributed by atoms with Crippen LogP contribution in [-0.4, -0.2) is 12.6 Å². The Hall–Kier alpha value is -0.0800. The van der Waals surface area contributed by atoms with Crippen LogP contribution in [-0.2, 0) is 0 Å². The maximum absolute atomic E-state index is 6.00. The van der Waals surface area contributed by atoms with E-state index in [4.69, 9.17) is 11.5 Å². The van der Waals surface area contributed by atoms with Gasteiger partial charge in [0.05, 0.1) is 0 Å². The topological polar surface area (TPSA) is 52.0 Å². The number of rotatable bonds is 13.